The Morgan fingerprint density at radius 2 is 1.96 bits per heavy atom. The summed E-state index contributed by atoms with van der Waals surface area (Å²) in [5.74, 6) is -1.60. The minimum atomic E-state index is -1.28. The van der Waals surface area contributed by atoms with Crippen molar-refractivity contribution in [3.8, 4) is 11.5 Å². The molecule has 2 aliphatic heterocycles. The summed E-state index contributed by atoms with van der Waals surface area (Å²) in [4.78, 5) is 23.6. The van der Waals surface area contributed by atoms with Crippen LogP contribution in [0.2, 0.25) is 25.7 Å². The minimum Gasteiger partial charge on any atom is -0.464 e. The molecular formula is C34H43F2N5O4Si. The van der Waals surface area contributed by atoms with E-state index >= 15 is 8.78 Å². The Balaban J connectivity index is 1.29. The third kappa shape index (κ3) is 7.44. The molecule has 246 valence electrons. The summed E-state index contributed by atoms with van der Waals surface area (Å²) in [5, 5.41) is 3.50. The van der Waals surface area contributed by atoms with Gasteiger partial charge in [-0.15, -0.1) is 0 Å². The number of nitrogens with zero attached hydrogens (tertiary/aromatic N) is 4. The molecule has 4 heterocycles. The molecule has 1 saturated carbocycles. The molecular weight excluding hydrogens is 608 g/mol. The first-order valence-electron chi connectivity index (χ1n) is 16.0. The van der Waals surface area contributed by atoms with Gasteiger partial charge in [-0.3, -0.25) is 4.79 Å². The molecule has 6 rings (SSSR count). The quantitative estimate of drug-likeness (QED) is 0.183. The number of amidine groups is 1. The van der Waals surface area contributed by atoms with Gasteiger partial charge in [0.05, 0.1) is 18.5 Å². The molecule has 0 unspecified atom stereocenters. The SMILES string of the molecule is CC1(C)CN=C(Nc2cc(F)c(Oc3ccnc4c3c(C3=CCN(C(=O)C5CC5)CC3)cn4COCC[Si](C)(C)C)c(F)c2)OC1. The third-order valence-electron chi connectivity index (χ3n) is 8.45. The summed E-state index contributed by atoms with van der Waals surface area (Å²) < 4.78 is 50.5. The number of rotatable bonds is 10. The Morgan fingerprint density at radius 3 is 2.59 bits per heavy atom. The average Bonchev–Trinajstić information content (AvgIpc) is 3.79. The lowest BCUT2D eigenvalue weighted by molar-refractivity contribution is -0.132. The molecule has 1 aliphatic carbocycles. The number of ether oxygens (including phenoxy) is 3. The van der Waals surface area contributed by atoms with E-state index in [1.165, 1.54) is 0 Å². The first-order valence-corrected chi connectivity index (χ1v) is 19.7. The number of amides is 1. The molecule has 1 fully saturated rings. The molecule has 12 heteroatoms. The number of benzene rings is 1. The van der Waals surface area contributed by atoms with Gasteiger partial charge in [-0.05, 0) is 36.9 Å². The van der Waals surface area contributed by atoms with Crippen molar-refractivity contribution < 1.29 is 27.8 Å². The van der Waals surface area contributed by atoms with E-state index in [0.29, 0.717) is 50.3 Å². The summed E-state index contributed by atoms with van der Waals surface area (Å²) in [6.07, 6.45) is 8.18. The van der Waals surface area contributed by atoms with Gasteiger partial charge in [-0.1, -0.05) is 39.6 Å². The second-order valence-electron chi connectivity index (χ2n) is 14.5. The van der Waals surface area contributed by atoms with Crippen LogP contribution >= 0.6 is 0 Å². The summed E-state index contributed by atoms with van der Waals surface area (Å²) in [6, 6.07) is 5.19. The van der Waals surface area contributed by atoms with Crippen molar-refractivity contribution in [1.29, 1.82) is 0 Å². The van der Waals surface area contributed by atoms with Crippen molar-refractivity contribution in [3.05, 3.63) is 53.9 Å². The van der Waals surface area contributed by atoms with Gasteiger partial charge in [-0.2, -0.15) is 0 Å². The highest BCUT2D eigenvalue weighted by Crippen LogP contribution is 2.40. The molecule has 1 amide bonds. The monoisotopic (exact) mass is 651 g/mol. The number of aromatic nitrogens is 2. The number of hydrogen-bond donors (Lipinski definition) is 1. The zero-order valence-electron chi connectivity index (χ0n) is 27.3. The lowest BCUT2D eigenvalue weighted by Gasteiger charge is -2.28. The van der Waals surface area contributed by atoms with Crippen LogP contribution in [0.3, 0.4) is 0 Å². The fraction of sp³-hybridized carbons (Fsp3) is 0.500. The maximum atomic E-state index is 15.5. The molecule has 1 N–H and O–H groups in total. The number of halogens is 2. The van der Waals surface area contributed by atoms with Gasteiger partial charge in [0.2, 0.25) is 5.91 Å². The van der Waals surface area contributed by atoms with Crippen LogP contribution < -0.4 is 10.1 Å². The molecule has 0 atom stereocenters. The van der Waals surface area contributed by atoms with E-state index in [-0.39, 0.29) is 41.4 Å². The predicted molar refractivity (Wildman–Crippen MR) is 178 cm³/mol. The van der Waals surface area contributed by atoms with E-state index in [4.69, 9.17) is 14.2 Å². The minimum absolute atomic E-state index is 0.103. The number of fused-ring (bicyclic) bond motifs is 1. The Kier molecular flexibility index (Phi) is 8.95. The first kappa shape index (κ1) is 32.2. The smallest absolute Gasteiger partial charge is 0.289 e. The Bertz CT molecular complexity index is 1670. The third-order valence-corrected chi connectivity index (χ3v) is 10.2. The van der Waals surface area contributed by atoms with Crippen molar-refractivity contribution in [1.82, 2.24) is 14.5 Å². The Labute approximate surface area is 269 Å². The number of aliphatic imine (C=N–C) groups is 1. The van der Waals surface area contributed by atoms with Crippen LogP contribution in [0.15, 0.2) is 41.7 Å². The Morgan fingerprint density at radius 1 is 1.20 bits per heavy atom. The lowest BCUT2D eigenvalue weighted by atomic mass is 9.95. The normalized spacial score (nSPS) is 18.2. The van der Waals surface area contributed by atoms with E-state index < -0.39 is 25.5 Å². The molecule has 2 aromatic heterocycles. The molecule has 0 bridgehead atoms. The summed E-state index contributed by atoms with van der Waals surface area (Å²) in [7, 11) is -1.28. The van der Waals surface area contributed by atoms with Gasteiger partial charge >= 0.3 is 0 Å². The second-order valence-corrected chi connectivity index (χ2v) is 20.1. The summed E-state index contributed by atoms with van der Waals surface area (Å²) in [6.45, 7) is 14.0. The van der Waals surface area contributed by atoms with Gasteiger partial charge < -0.3 is 29.0 Å². The van der Waals surface area contributed by atoms with E-state index in [1.807, 2.05) is 29.5 Å². The van der Waals surface area contributed by atoms with Crippen molar-refractivity contribution in [2.24, 2.45) is 16.3 Å². The molecule has 3 aliphatic rings. The number of hydrogen-bond acceptors (Lipinski definition) is 7. The largest absolute Gasteiger partial charge is 0.464 e. The van der Waals surface area contributed by atoms with Crippen molar-refractivity contribution in [2.45, 2.75) is 65.5 Å². The van der Waals surface area contributed by atoms with Crippen LogP contribution in [-0.2, 0) is 21.0 Å². The van der Waals surface area contributed by atoms with Crippen molar-refractivity contribution in [2.75, 3.05) is 38.2 Å². The van der Waals surface area contributed by atoms with Crippen molar-refractivity contribution >= 4 is 42.3 Å². The number of carbonyl (C=O) groups excluding carboxylic acids is 1. The molecule has 46 heavy (non-hydrogen) atoms. The highest BCUT2D eigenvalue weighted by Gasteiger charge is 2.34. The zero-order chi connectivity index (χ0) is 32.6. The molecule has 0 spiro atoms. The predicted octanol–water partition coefficient (Wildman–Crippen LogP) is 7.27. The van der Waals surface area contributed by atoms with Gasteiger partial charge in [-0.25, -0.2) is 18.8 Å². The highest BCUT2D eigenvalue weighted by atomic mass is 28.3. The van der Waals surface area contributed by atoms with Gasteiger partial charge in [0, 0.05) is 74.9 Å². The average molecular weight is 652 g/mol. The summed E-state index contributed by atoms with van der Waals surface area (Å²) in [5.41, 5.74) is 2.53. The fourth-order valence-corrected chi connectivity index (χ4v) is 6.29. The standard InChI is InChI=1S/C34H43F2N5O4Si/c1-34(2)19-38-33(44-20-34)39-24-16-26(35)30(27(36)17-24)45-28-8-11-37-31-29(28)25(18-41(31)21-43-14-15-46(3,4)5)22-9-12-40(13-10-22)32(42)23-6-7-23/h8-9,11,16-18,23H,6-7,10,12-15,19-21H2,1-5H3,(H,38,39). The number of nitrogens with one attached hydrogen (secondary N) is 1. The van der Waals surface area contributed by atoms with Crippen LogP contribution in [0.1, 0.15) is 38.7 Å². The highest BCUT2D eigenvalue weighted by molar-refractivity contribution is 6.76. The fourth-order valence-electron chi connectivity index (χ4n) is 5.54. The number of carbonyl (C=O) groups is 1. The van der Waals surface area contributed by atoms with Gasteiger partial charge in [0.15, 0.2) is 17.4 Å². The van der Waals surface area contributed by atoms with Crippen LogP contribution in [-0.4, -0.2) is 67.3 Å². The molecule has 1 aromatic carbocycles. The van der Waals surface area contributed by atoms with Gasteiger partial charge in [0.25, 0.3) is 6.02 Å². The van der Waals surface area contributed by atoms with Crippen molar-refractivity contribution in [3.63, 3.8) is 0 Å². The molecule has 0 radical (unpaired) electrons. The lowest BCUT2D eigenvalue weighted by Crippen LogP contribution is -2.35. The number of anilines is 1. The first-order chi connectivity index (χ1) is 21.9. The van der Waals surface area contributed by atoms with Crippen LogP contribution in [0.5, 0.6) is 11.5 Å². The van der Waals surface area contributed by atoms with E-state index in [1.54, 1.807) is 12.3 Å². The second kappa shape index (κ2) is 12.8. The topological polar surface area (TPSA) is 90.2 Å². The Hall–Kier alpha value is -3.77. The molecule has 3 aromatic rings. The number of pyridine rings is 1. The van der Waals surface area contributed by atoms with Crippen LogP contribution in [0.25, 0.3) is 16.6 Å². The van der Waals surface area contributed by atoms with E-state index in [0.717, 1.165) is 42.2 Å². The molecule has 9 nitrogen and oxygen atoms in total. The van der Waals surface area contributed by atoms with Crippen LogP contribution in [0.4, 0.5) is 14.5 Å². The van der Waals surface area contributed by atoms with Gasteiger partial charge in [0.1, 0.15) is 18.1 Å². The maximum Gasteiger partial charge on any atom is 0.289 e. The summed E-state index contributed by atoms with van der Waals surface area (Å²) >= 11 is 0. The van der Waals surface area contributed by atoms with Crippen LogP contribution in [0, 0.1) is 23.0 Å². The molecule has 0 saturated heterocycles. The van der Waals surface area contributed by atoms with E-state index in [9.17, 15) is 4.79 Å². The zero-order valence-corrected chi connectivity index (χ0v) is 28.3. The van der Waals surface area contributed by atoms with E-state index in [2.05, 4.69) is 41.0 Å². The maximum absolute atomic E-state index is 15.5.